The molecule has 6 nitrogen and oxygen atoms in total. The Bertz CT molecular complexity index is 319. The van der Waals surface area contributed by atoms with E-state index in [-0.39, 0.29) is 0 Å². The molecule has 0 fully saturated rings. The monoisotopic (exact) mass is 298 g/mol. The van der Waals surface area contributed by atoms with Crippen molar-refractivity contribution in [2.24, 2.45) is 0 Å². The van der Waals surface area contributed by atoms with Gasteiger partial charge in [-0.25, -0.2) is 0 Å². The van der Waals surface area contributed by atoms with E-state index in [9.17, 15) is 0 Å². The molecule has 0 aromatic carbocycles. The lowest BCUT2D eigenvalue weighted by atomic mass is 10.9. The number of hydrogen-bond acceptors (Lipinski definition) is 6. The van der Waals surface area contributed by atoms with Crippen LogP contribution < -0.4 is 14.4 Å². The maximum absolute atomic E-state index is 5.64. The molecule has 99 valence electrons. The molecular weight excluding hydrogens is 278 g/mol. The van der Waals surface area contributed by atoms with Crippen LogP contribution in [0.15, 0.2) is 0 Å². The largest absolute Gasteiger partial charge is 0.516 e. The molecule has 1 aromatic heterocycles. The van der Waals surface area contributed by atoms with Gasteiger partial charge in [-0.3, -0.25) is 0 Å². The highest BCUT2D eigenvalue weighted by Crippen LogP contribution is 2.12. The molecule has 0 bridgehead atoms. The highest BCUT2D eigenvalue weighted by atomic mass is 28.3. The van der Waals surface area contributed by atoms with E-state index in [1.54, 1.807) is 0 Å². The van der Waals surface area contributed by atoms with Gasteiger partial charge in [0, 0.05) is 0 Å². The lowest BCUT2D eigenvalue weighted by Gasteiger charge is -2.13. The Morgan fingerprint density at radius 2 is 1.22 bits per heavy atom. The Balaban J connectivity index is 2.95. The molecule has 0 aliphatic rings. The van der Waals surface area contributed by atoms with E-state index >= 15 is 0 Å². The van der Waals surface area contributed by atoms with E-state index in [2.05, 4.69) is 64.2 Å². The van der Waals surface area contributed by atoms with Gasteiger partial charge in [-0.05, 0) is 13.1 Å². The molecule has 1 aromatic rings. The molecule has 9 heteroatoms. The highest BCUT2D eigenvalue weighted by molar-refractivity contribution is 6.59. The van der Waals surface area contributed by atoms with Crippen LogP contribution in [-0.2, 0) is 0 Å². The topological polar surface area (TPSA) is 72.0 Å². The van der Waals surface area contributed by atoms with Gasteiger partial charge >= 0.3 is 6.01 Å². The Labute approximate surface area is 114 Å². The summed E-state index contributed by atoms with van der Waals surface area (Å²) in [6.45, 7) is 12.7. The third kappa shape index (κ3) is 5.60. The van der Waals surface area contributed by atoms with Gasteiger partial charge in [0.1, 0.15) is 0 Å². The summed E-state index contributed by atoms with van der Waals surface area (Å²) in [5.74, 6) is 1.21. The number of anilines is 2. The number of rotatable bonds is 6. The molecule has 0 aliphatic heterocycles. The zero-order valence-electron chi connectivity index (χ0n) is 11.7. The zero-order chi connectivity index (χ0) is 13.7. The van der Waals surface area contributed by atoms with Crippen molar-refractivity contribution in [1.29, 1.82) is 0 Å². The summed E-state index contributed by atoms with van der Waals surface area (Å²) in [7, 11) is -2.16. The summed E-state index contributed by atoms with van der Waals surface area (Å²) in [6, 6.07) is 0.417. The third-order valence-corrected chi connectivity index (χ3v) is 3.67. The Hall–Kier alpha value is -0.939. The predicted octanol–water partition coefficient (Wildman–Crippen LogP) is 1.83. The van der Waals surface area contributed by atoms with Crippen LogP contribution in [-0.4, -0.2) is 41.9 Å². The molecule has 0 spiro atoms. The second kappa shape index (κ2) is 6.85. The molecule has 0 saturated carbocycles. The minimum absolute atomic E-state index is 0.417. The van der Waals surface area contributed by atoms with Gasteiger partial charge in [0.2, 0.25) is 11.9 Å². The summed E-state index contributed by atoms with van der Waals surface area (Å²) < 4.78 is 5.64. The van der Waals surface area contributed by atoms with Crippen molar-refractivity contribution >= 4 is 38.9 Å². The molecule has 1 heterocycles. The standard InChI is InChI=1S/C9H20N5OSi3/c1-16(2)13-7-10-8(14-17(3)4)12-9(11-7)15-18(5)6/h1-6H3,(H2,10,11,12,13,14). The van der Waals surface area contributed by atoms with Crippen molar-refractivity contribution in [2.75, 3.05) is 9.96 Å². The fourth-order valence-electron chi connectivity index (χ4n) is 1.14. The summed E-state index contributed by atoms with van der Waals surface area (Å²) in [4.78, 5) is 19.5. The van der Waals surface area contributed by atoms with Crippen molar-refractivity contribution in [2.45, 2.75) is 39.3 Å². The smallest absolute Gasteiger partial charge is 0.309 e. The summed E-state index contributed by atoms with van der Waals surface area (Å²) in [5.41, 5.74) is 0. The number of nitrogens with zero attached hydrogens (tertiary/aromatic N) is 3. The van der Waals surface area contributed by atoms with Crippen LogP contribution in [0, 0.1) is 0 Å². The molecule has 0 atom stereocenters. The van der Waals surface area contributed by atoms with Crippen LogP contribution in [0.1, 0.15) is 0 Å². The maximum atomic E-state index is 5.64. The van der Waals surface area contributed by atoms with E-state index in [4.69, 9.17) is 4.43 Å². The first-order chi connectivity index (χ1) is 8.36. The number of nitrogens with one attached hydrogen (secondary N) is 2. The second-order valence-electron chi connectivity index (χ2n) is 4.53. The zero-order valence-corrected chi connectivity index (χ0v) is 14.7. The Morgan fingerprint density at radius 3 is 1.56 bits per heavy atom. The van der Waals surface area contributed by atoms with Crippen molar-refractivity contribution in [1.82, 2.24) is 15.0 Å². The highest BCUT2D eigenvalue weighted by Gasteiger charge is 2.11. The van der Waals surface area contributed by atoms with Gasteiger partial charge in [0.05, 0.1) is 0 Å². The molecule has 0 saturated heterocycles. The molecule has 18 heavy (non-hydrogen) atoms. The SMILES string of the molecule is C[Si](C)Nc1nc(N[Si](C)C)nc(O[Si](C)C)n1. The molecular formula is C9H20N5OSi3. The molecule has 3 radical (unpaired) electrons. The van der Waals surface area contributed by atoms with E-state index < -0.39 is 27.0 Å². The van der Waals surface area contributed by atoms with Gasteiger partial charge in [0.25, 0.3) is 9.04 Å². The first kappa shape index (κ1) is 15.1. The minimum Gasteiger partial charge on any atom is -0.516 e. The van der Waals surface area contributed by atoms with Crippen molar-refractivity contribution in [3.63, 3.8) is 0 Å². The Kier molecular flexibility index (Phi) is 5.75. The number of aromatic nitrogens is 3. The Morgan fingerprint density at radius 1 is 0.778 bits per heavy atom. The first-order valence-corrected chi connectivity index (χ1v) is 13.2. The van der Waals surface area contributed by atoms with E-state index in [1.165, 1.54) is 0 Å². The summed E-state index contributed by atoms with van der Waals surface area (Å²) in [5, 5.41) is 0. The average Bonchev–Trinajstić information content (AvgIpc) is 2.12. The normalized spacial score (nSPS) is 11.2. The summed E-state index contributed by atoms with van der Waals surface area (Å²) >= 11 is 0. The molecule has 0 unspecified atom stereocenters. The van der Waals surface area contributed by atoms with Crippen LogP contribution in [0.3, 0.4) is 0 Å². The number of hydrogen-bond donors (Lipinski definition) is 2. The quantitative estimate of drug-likeness (QED) is 0.781. The van der Waals surface area contributed by atoms with Crippen LogP contribution in [0.5, 0.6) is 6.01 Å². The van der Waals surface area contributed by atoms with Gasteiger partial charge in [-0.15, -0.1) is 0 Å². The molecule has 0 amide bonds. The first-order valence-electron chi connectivity index (χ1n) is 5.75. The van der Waals surface area contributed by atoms with Gasteiger partial charge in [0.15, 0.2) is 17.9 Å². The molecule has 1 rings (SSSR count). The van der Waals surface area contributed by atoms with Crippen molar-refractivity contribution in [3.05, 3.63) is 0 Å². The van der Waals surface area contributed by atoms with Gasteiger partial charge in [-0.2, -0.15) is 15.0 Å². The molecule has 0 aliphatic carbocycles. The van der Waals surface area contributed by atoms with E-state index in [0.29, 0.717) is 17.9 Å². The van der Waals surface area contributed by atoms with Crippen LogP contribution in [0.4, 0.5) is 11.9 Å². The van der Waals surface area contributed by atoms with Crippen LogP contribution >= 0.6 is 0 Å². The lowest BCUT2D eigenvalue weighted by Crippen LogP contribution is -2.23. The second-order valence-corrected chi connectivity index (χ2v) is 11.0. The van der Waals surface area contributed by atoms with Crippen LogP contribution in [0.2, 0.25) is 39.3 Å². The van der Waals surface area contributed by atoms with Gasteiger partial charge < -0.3 is 14.4 Å². The van der Waals surface area contributed by atoms with Crippen molar-refractivity contribution in [3.8, 4) is 6.01 Å². The van der Waals surface area contributed by atoms with Gasteiger partial charge in [-0.1, -0.05) is 26.2 Å². The van der Waals surface area contributed by atoms with E-state index in [1.807, 2.05) is 0 Å². The fourth-order valence-corrected chi connectivity index (χ4v) is 2.72. The maximum Gasteiger partial charge on any atom is 0.309 e. The lowest BCUT2D eigenvalue weighted by molar-refractivity contribution is 0.528. The average molecular weight is 299 g/mol. The predicted molar refractivity (Wildman–Crippen MR) is 80.1 cm³/mol. The minimum atomic E-state index is -0.868. The molecule has 2 N–H and O–H groups in total. The fraction of sp³-hybridized carbons (Fsp3) is 0.667. The third-order valence-electron chi connectivity index (χ3n) is 1.63. The van der Waals surface area contributed by atoms with Crippen LogP contribution in [0.25, 0.3) is 0 Å². The summed E-state index contributed by atoms with van der Waals surface area (Å²) in [6.07, 6.45) is 0. The van der Waals surface area contributed by atoms with E-state index in [0.717, 1.165) is 0 Å². The van der Waals surface area contributed by atoms with Crippen molar-refractivity contribution < 1.29 is 4.43 Å².